The molecule has 1 saturated heterocycles. The molecular formula is C16H23NO3. The third kappa shape index (κ3) is 2.88. The second-order valence-electron chi connectivity index (χ2n) is 6.10. The van der Waals surface area contributed by atoms with Crippen molar-refractivity contribution in [2.75, 3.05) is 19.7 Å². The van der Waals surface area contributed by atoms with E-state index in [9.17, 15) is 5.11 Å². The number of rotatable bonds is 6. The number of aliphatic hydroxyl groups excluding tert-OH is 2. The summed E-state index contributed by atoms with van der Waals surface area (Å²) < 4.78 is 5.56. The number of likely N-dealkylation sites (tertiary alicyclic amines) is 1. The lowest BCUT2D eigenvalue weighted by Gasteiger charge is -2.34. The van der Waals surface area contributed by atoms with Crippen LogP contribution in [0, 0.1) is 11.3 Å². The van der Waals surface area contributed by atoms with Crippen LogP contribution < -0.4 is 0 Å². The average molecular weight is 277 g/mol. The molecule has 0 spiro atoms. The highest BCUT2D eigenvalue weighted by Crippen LogP contribution is 2.60. The summed E-state index contributed by atoms with van der Waals surface area (Å²) in [6, 6.07) is 9.91. The zero-order valence-electron chi connectivity index (χ0n) is 11.7. The Hall–Kier alpha value is -0.940. The summed E-state index contributed by atoms with van der Waals surface area (Å²) in [4.78, 5) is 2.01. The molecule has 2 aliphatic rings. The predicted octanol–water partition coefficient (Wildman–Crippen LogP) is 1.57. The molecule has 3 rings (SSSR count). The number of benzene rings is 1. The molecule has 1 aromatic carbocycles. The molecule has 1 saturated carbocycles. The lowest BCUT2D eigenvalue weighted by atomic mass is 9.92. The number of ether oxygens (including phenoxy) is 1. The minimum Gasteiger partial charge on any atom is -0.396 e. The minimum absolute atomic E-state index is 0.281. The number of aliphatic hydroxyl groups is 2. The van der Waals surface area contributed by atoms with Crippen molar-refractivity contribution in [2.45, 2.75) is 32.3 Å². The Bertz CT molecular complexity index is 439. The molecule has 20 heavy (non-hydrogen) atoms. The molecule has 2 fully saturated rings. The summed E-state index contributed by atoms with van der Waals surface area (Å²) in [5.41, 5.74) is 1.44. The van der Waals surface area contributed by atoms with E-state index in [2.05, 4.69) is 0 Å². The summed E-state index contributed by atoms with van der Waals surface area (Å²) in [7, 11) is 0. The van der Waals surface area contributed by atoms with Crippen molar-refractivity contribution >= 4 is 0 Å². The lowest BCUT2D eigenvalue weighted by Crippen LogP contribution is -2.43. The molecule has 0 radical (unpaired) electrons. The van der Waals surface area contributed by atoms with Crippen molar-refractivity contribution in [3.8, 4) is 0 Å². The number of hydrogen-bond donors (Lipinski definition) is 2. The summed E-state index contributed by atoms with van der Waals surface area (Å²) in [6.45, 7) is 2.46. The van der Waals surface area contributed by atoms with Gasteiger partial charge in [-0.15, -0.1) is 0 Å². The fourth-order valence-electron chi connectivity index (χ4n) is 3.44. The van der Waals surface area contributed by atoms with Gasteiger partial charge in [-0.2, -0.15) is 0 Å². The van der Waals surface area contributed by atoms with Crippen LogP contribution in [0.3, 0.4) is 0 Å². The second-order valence-corrected chi connectivity index (χ2v) is 6.10. The van der Waals surface area contributed by atoms with Gasteiger partial charge in [0.25, 0.3) is 0 Å². The van der Waals surface area contributed by atoms with Gasteiger partial charge in [0.05, 0.1) is 6.61 Å². The van der Waals surface area contributed by atoms with Crippen molar-refractivity contribution in [1.82, 2.24) is 4.90 Å². The molecule has 2 unspecified atom stereocenters. The second kappa shape index (κ2) is 5.82. The summed E-state index contributed by atoms with van der Waals surface area (Å²) in [5.74, 6) is 0.623. The van der Waals surface area contributed by atoms with E-state index in [1.54, 1.807) is 0 Å². The van der Waals surface area contributed by atoms with E-state index in [4.69, 9.17) is 9.84 Å². The van der Waals surface area contributed by atoms with Gasteiger partial charge >= 0.3 is 0 Å². The van der Waals surface area contributed by atoms with Crippen LogP contribution in [0.4, 0.5) is 0 Å². The van der Waals surface area contributed by atoms with Crippen molar-refractivity contribution in [2.24, 2.45) is 11.3 Å². The van der Waals surface area contributed by atoms with Gasteiger partial charge in [0, 0.05) is 19.7 Å². The Labute approximate surface area is 120 Å². The van der Waals surface area contributed by atoms with Crippen molar-refractivity contribution in [3.05, 3.63) is 35.9 Å². The topological polar surface area (TPSA) is 52.9 Å². The molecule has 1 aromatic rings. The molecule has 1 aliphatic carbocycles. The highest BCUT2D eigenvalue weighted by molar-refractivity contribution is 5.13. The van der Waals surface area contributed by atoms with E-state index in [1.807, 2.05) is 35.2 Å². The largest absolute Gasteiger partial charge is 0.396 e. The Balaban J connectivity index is 1.46. The molecule has 1 aliphatic heterocycles. The van der Waals surface area contributed by atoms with Crippen molar-refractivity contribution < 1.29 is 14.9 Å². The van der Waals surface area contributed by atoms with Crippen LogP contribution in [0.1, 0.15) is 24.8 Å². The first-order valence-electron chi connectivity index (χ1n) is 7.42. The zero-order valence-corrected chi connectivity index (χ0v) is 11.7. The Morgan fingerprint density at radius 1 is 1.35 bits per heavy atom. The number of hydrogen-bond acceptors (Lipinski definition) is 4. The number of nitrogens with zero attached hydrogens (tertiary/aromatic N) is 1. The fraction of sp³-hybridized carbons (Fsp3) is 0.625. The Kier molecular flexibility index (Phi) is 4.08. The molecule has 4 heteroatoms. The highest BCUT2D eigenvalue weighted by Gasteiger charge is 2.56. The van der Waals surface area contributed by atoms with E-state index in [0.29, 0.717) is 17.9 Å². The molecule has 3 atom stereocenters. The molecule has 0 bridgehead atoms. The third-order valence-electron chi connectivity index (χ3n) is 4.87. The normalized spacial score (nSPS) is 30.8. The Morgan fingerprint density at radius 2 is 2.15 bits per heavy atom. The van der Waals surface area contributed by atoms with E-state index in [-0.39, 0.29) is 6.61 Å². The van der Waals surface area contributed by atoms with Gasteiger partial charge < -0.3 is 14.9 Å². The van der Waals surface area contributed by atoms with Crippen molar-refractivity contribution in [1.29, 1.82) is 0 Å². The first-order chi connectivity index (χ1) is 9.73. The first-order valence-corrected chi connectivity index (χ1v) is 7.42. The molecule has 0 aromatic heterocycles. The van der Waals surface area contributed by atoms with Gasteiger partial charge in [0.15, 0.2) is 0 Å². The maximum Gasteiger partial charge on any atom is 0.216 e. The lowest BCUT2D eigenvalue weighted by molar-refractivity contribution is -0.206. The van der Waals surface area contributed by atoms with Crippen LogP contribution >= 0.6 is 0 Å². The highest BCUT2D eigenvalue weighted by atomic mass is 16.6. The van der Waals surface area contributed by atoms with E-state index in [1.165, 1.54) is 6.42 Å². The number of piperidine rings is 1. The maximum absolute atomic E-state index is 10.1. The van der Waals surface area contributed by atoms with Gasteiger partial charge in [-0.25, -0.2) is 0 Å². The SMILES string of the molecule is OCCC12CCN([C@H](O)OCc3ccccc3)CC1C2. The summed E-state index contributed by atoms with van der Waals surface area (Å²) in [6.07, 6.45) is 2.34. The van der Waals surface area contributed by atoms with E-state index >= 15 is 0 Å². The molecular weight excluding hydrogens is 254 g/mol. The molecule has 110 valence electrons. The van der Waals surface area contributed by atoms with Crippen LogP contribution in [0.2, 0.25) is 0 Å². The van der Waals surface area contributed by atoms with Crippen LogP contribution in [0.25, 0.3) is 0 Å². The van der Waals surface area contributed by atoms with Crippen LogP contribution in [0.5, 0.6) is 0 Å². The van der Waals surface area contributed by atoms with Crippen LogP contribution in [-0.4, -0.2) is 41.2 Å². The molecule has 1 heterocycles. The van der Waals surface area contributed by atoms with E-state index < -0.39 is 6.41 Å². The van der Waals surface area contributed by atoms with Crippen molar-refractivity contribution in [3.63, 3.8) is 0 Å². The van der Waals surface area contributed by atoms with Crippen LogP contribution in [-0.2, 0) is 11.3 Å². The number of fused-ring (bicyclic) bond motifs is 1. The standard InChI is InChI=1S/C16H23NO3/c18-9-7-16-6-8-17(11-14(16)10-16)15(19)20-12-13-4-2-1-3-5-13/h1-5,14-15,18-19H,6-12H2/t14?,15-,16?/m1/s1. The quantitative estimate of drug-likeness (QED) is 0.775. The summed E-state index contributed by atoms with van der Waals surface area (Å²) in [5, 5.41) is 19.2. The molecule has 2 N–H and O–H groups in total. The smallest absolute Gasteiger partial charge is 0.216 e. The van der Waals surface area contributed by atoms with Gasteiger partial charge in [-0.1, -0.05) is 30.3 Å². The van der Waals surface area contributed by atoms with Gasteiger partial charge in [-0.05, 0) is 36.2 Å². The minimum atomic E-state index is -0.817. The Morgan fingerprint density at radius 3 is 2.85 bits per heavy atom. The monoisotopic (exact) mass is 277 g/mol. The molecule has 0 amide bonds. The average Bonchev–Trinajstić information content (AvgIpc) is 3.19. The van der Waals surface area contributed by atoms with Crippen LogP contribution in [0.15, 0.2) is 30.3 Å². The zero-order chi connectivity index (χ0) is 14.0. The summed E-state index contributed by atoms with van der Waals surface area (Å²) >= 11 is 0. The fourth-order valence-corrected chi connectivity index (χ4v) is 3.44. The predicted molar refractivity (Wildman–Crippen MR) is 75.7 cm³/mol. The maximum atomic E-state index is 10.1. The first kappa shape index (κ1) is 14.0. The van der Waals surface area contributed by atoms with Gasteiger partial charge in [0.1, 0.15) is 0 Å². The van der Waals surface area contributed by atoms with Gasteiger partial charge in [-0.3, -0.25) is 4.90 Å². The third-order valence-corrected chi connectivity index (χ3v) is 4.87. The van der Waals surface area contributed by atoms with E-state index in [0.717, 1.165) is 31.5 Å². The van der Waals surface area contributed by atoms with Gasteiger partial charge in [0.2, 0.25) is 6.41 Å². The molecule has 4 nitrogen and oxygen atoms in total.